The number of para-hydroxylation sites is 1. The lowest BCUT2D eigenvalue weighted by molar-refractivity contribution is -0.114. The number of anilines is 1. The third kappa shape index (κ3) is 3.01. The van der Waals surface area contributed by atoms with Gasteiger partial charge in [0.15, 0.2) is 0 Å². The number of carbonyl (C=O) groups excluding carboxylic acids is 1. The van der Waals surface area contributed by atoms with E-state index in [2.05, 4.69) is 5.10 Å². The summed E-state index contributed by atoms with van der Waals surface area (Å²) in [7, 11) is 5.40. The van der Waals surface area contributed by atoms with Gasteiger partial charge < -0.3 is 9.64 Å². The Balaban J connectivity index is 2.06. The molecule has 0 fully saturated rings. The smallest absolute Gasteiger partial charge is 0.282 e. The van der Waals surface area contributed by atoms with Crippen molar-refractivity contribution >= 4 is 17.3 Å². The number of nitrogens with zero attached hydrogens (tertiary/aromatic N) is 3. The number of methoxy groups -OCH3 is 1. The molecule has 0 saturated heterocycles. The number of carbonyl (C=O) groups is 1. The molecular formula is C19H19N3O2. The summed E-state index contributed by atoms with van der Waals surface area (Å²) in [5, 5.41) is 6.00. The summed E-state index contributed by atoms with van der Waals surface area (Å²) < 4.78 is 5.19. The minimum atomic E-state index is -0.138. The van der Waals surface area contributed by atoms with E-state index in [4.69, 9.17) is 4.74 Å². The minimum Gasteiger partial charge on any atom is -0.497 e. The summed E-state index contributed by atoms with van der Waals surface area (Å²) in [6.07, 6.45) is 1.80. The van der Waals surface area contributed by atoms with Crippen LogP contribution in [0.1, 0.15) is 5.56 Å². The molecule has 0 aliphatic carbocycles. The van der Waals surface area contributed by atoms with Crippen LogP contribution in [0.2, 0.25) is 0 Å². The number of rotatable bonds is 4. The summed E-state index contributed by atoms with van der Waals surface area (Å²) in [6.45, 7) is 0. The van der Waals surface area contributed by atoms with Gasteiger partial charge in [-0.25, -0.2) is 0 Å². The Hall–Kier alpha value is -3.08. The van der Waals surface area contributed by atoms with Crippen LogP contribution in [0.4, 0.5) is 5.69 Å². The van der Waals surface area contributed by atoms with E-state index in [0.29, 0.717) is 11.3 Å². The molecule has 1 amide bonds. The maximum absolute atomic E-state index is 12.8. The second kappa shape index (κ2) is 6.58. The lowest BCUT2D eigenvalue weighted by Gasteiger charge is -2.11. The molecule has 5 nitrogen and oxygen atoms in total. The molecule has 0 saturated carbocycles. The van der Waals surface area contributed by atoms with Crippen LogP contribution in [0.25, 0.3) is 0 Å². The van der Waals surface area contributed by atoms with Crippen molar-refractivity contribution in [3.8, 4) is 5.75 Å². The van der Waals surface area contributed by atoms with E-state index in [1.54, 1.807) is 13.3 Å². The molecule has 1 aliphatic rings. The Labute approximate surface area is 141 Å². The molecule has 0 aromatic heterocycles. The minimum absolute atomic E-state index is 0.138. The molecule has 24 heavy (non-hydrogen) atoms. The second-order valence-electron chi connectivity index (χ2n) is 5.64. The third-order valence-corrected chi connectivity index (χ3v) is 3.63. The average molecular weight is 321 g/mol. The summed E-state index contributed by atoms with van der Waals surface area (Å²) in [4.78, 5) is 14.7. The molecule has 1 heterocycles. The first kappa shape index (κ1) is 15.8. The number of hydrazone groups is 1. The van der Waals surface area contributed by atoms with Gasteiger partial charge in [-0.2, -0.15) is 10.1 Å². The van der Waals surface area contributed by atoms with Crippen molar-refractivity contribution in [1.29, 1.82) is 0 Å². The van der Waals surface area contributed by atoms with Crippen molar-refractivity contribution in [2.24, 2.45) is 5.10 Å². The SMILES string of the molecule is COc1ccc(C2=NN(c3ccccc3)C(=O)/C2=C\N(C)C)cc1. The summed E-state index contributed by atoms with van der Waals surface area (Å²) >= 11 is 0. The van der Waals surface area contributed by atoms with Crippen LogP contribution >= 0.6 is 0 Å². The second-order valence-corrected chi connectivity index (χ2v) is 5.64. The first-order valence-corrected chi connectivity index (χ1v) is 7.61. The van der Waals surface area contributed by atoms with Gasteiger partial charge in [0.2, 0.25) is 0 Å². The van der Waals surface area contributed by atoms with Gasteiger partial charge in [-0.15, -0.1) is 0 Å². The summed E-state index contributed by atoms with van der Waals surface area (Å²) in [6, 6.07) is 17.0. The zero-order valence-electron chi connectivity index (χ0n) is 13.9. The lowest BCUT2D eigenvalue weighted by atomic mass is 10.0. The Kier molecular flexibility index (Phi) is 4.33. The van der Waals surface area contributed by atoms with Gasteiger partial charge >= 0.3 is 0 Å². The maximum Gasteiger partial charge on any atom is 0.282 e. The van der Waals surface area contributed by atoms with Crippen LogP contribution in [-0.4, -0.2) is 37.7 Å². The van der Waals surface area contributed by atoms with Crippen molar-refractivity contribution in [2.75, 3.05) is 26.2 Å². The van der Waals surface area contributed by atoms with Crippen LogP contribution in [0, 0.1) is 0 Å². The van der Waals surface area contributed by atoms with Gasteiger partial charge in [-0.1, -0.05) is 18.2 Å². The topological polar surface area (TPSA) is 45.1 Å². The fourth-order valence-corrected chi connectivity index (χ4v) is 2.50. The van der Waals surface area contributed by atoms with Crippen molar-refractivity contribution < 1.29 is 9.53 Å². The standard InChI is InChI=1S/C19H19N3O2/c1-21(2)13-17-18(14-9-11-16(24-3)12-10-14)20-22(19(17)23)15-7-5-4-6-8-15/h4-13H,1-3H3/b17-13-. The lowest BCUT2D eigenvalue weighted by Crippen LogP contribution is -2.22. The number of amides is 1. The van der Waals surface area contributed by atoms with E-state index in [-0.39, 0.29) is 5.91 Å². The quantitative estimate of drug-likeness (QED) is 0.814. The summed E-state index contributed by atoms with van der Waals surface area (Å²) in [5.41, 5.74) is 2.83. The van der Waals surface area contributed by atoms with Crippen LogP contribution in [0.5, 0.6) is 5.75 Å². The molecular weight excluding hydrogens is 302 g/mol. The number of benzene rings is 2. The normalized spacial score (nSPS) is 15.6. The number of hydrogen-bond donors (Lipinski definition) is 0. The first-order chi connectivity index (χ1) is 11.6. The molecule has 0 unspecified atom stereocenters. The largest absolute Gasteiger partial charge is 0.497 e. The van der Waals surface area contributed by atoms with E-state index >= 15 is 0 Å². The van der Waals surface area contributed by atoms with E-state index in [9.17, 15) is 4.79 Å². The summed E-state index contributed by atoms with van der Waals surface area (Å²) in [5.74, 6) is 0.627. The molecule has 0 atom stereocenters. The van der Waals surface area contributed by atoms with Crippen LogP contribution in [0.3, 0.4) is 0 Å². The monoisotopic (exact) mass is 321 g/mol. The molecule has 5 heteroatoms. The van der Waals surface area contributed by atoms with E-state index in [1.165, 1.54) is 5.01 Å². The van der Waals surface area contributed by atoms with Gasteiger partial charge in [0.1, 0.15) is 11.5 Å². The highest BCUT2D eigenvalue weighted by molar-refractivity contribution is 6.35. The van der Waals surface area contributed by atoms with E-state index in [0.717, 1.165) is 17.0 Å². The third-order valence-electron chi connectivity index (χ3n) is 3.63. The van der Waals surface area contributed by atoms with Gasteiger partial charge in [0, 0.05) is 25.9 Å². The van der Waals surface area contributed by atoms with Crippen LogP contribution in [0.15, 0.2) is 71.5 Å². The fraction of sp³-hybridized carbons (Fsp3) is 0.158. The Morgan fingerprint density at radius 2 is 1.71 bits per heavy atom. The number of hydrogen-bond acceptors (Lipinski definition) is 4. The van der Waals surface area contributed by atoms with Crippen molar-refractivity contribution in [3.63, 3.8) is 0 Å². The molecule has 2 aromatic carbocycles. The highest BCUT2D eigenvalue weighted by Gasteiger charge is 2.32. The highest BCUT2D eigenvalue weighted by atomic mass is 16.5. The van der Waals surface area contributed by atoms with Crippen LogP contribution in [-0.2, 0) is 4.79 Å². The van der Waals surface area contributed by atoms with Crippen LogP contribution < -0.4 is 9.75 Å². The predicted octanol–water partition coefficient (Wildman–Crippen LogP) is 2.89. The maximum atomic E-state index is 12.8. The van der Waals surface area contributed by atoms with Gasteiger partial charge in [0.25, 0.3) is 5.91 Å². The zero-order valence-corrected chi connectivity index (χ0v) is 13.9. The van der Waals surface area contributed by atoms with Gasteiger partial charge in [0.05, 0.1) is 18.4 Å². The van der Waals surface area contributed by atoms with E-state index < -0.39 is 0 Å². The Morgan fingerprint density at radius 1 is 1.04 bits per heavy atom. The zero-order chi connectivity index (χ0) is 17.1. The van der Waals surface area contributed by atoms with E-state index in [1.807, 2.05) is 73.6 Å². The number of ether oxygens (including phenoxy) is 1. The van der Waals surface area contributed by atoms with Crippen molar-refractivity contribution in [3.05, 3.63) is 71.9 Å². The fourth-order valence-electron chi connectivity index (χ4n) is 2.50. The van der Waals surface area contributed by atoms with Crippen molar-refractivity contribution in [1.82, 2.24) is 4.90 Å². The molecule has 1 aliphatic heterocycles. The molecule has 2 aromatic rings. The van der Waals surface area contributed by atoms with Crippen molar-refractivity contribution in [2.45, 2.75) is 0 Å². The predicted molar refractivity (Wildman–Crippen MR) is 95.2 cm³/mol. The molecule has 0 spiro atoms. The Morgan fingerprint density at radius 3 is 2.29 bits per heavy atom. The highest BCUT2D eigenvalue weighted by Crippen LogP contribution is 2.27. The first-order valence-electron chi connectivity index (χ1n) is 7.61. The molecule has 0 N–H and O–H groups in total. The average Bonchev–Trinajstić information content (AvgIpc) is 2.92. The Bertz CT molecular complexity index is 793. The van der Waals surface area contributed by atoms with Gasteiger partial charge in [-0.05, 0) is 36.4 Å². The van der Waals surface area contributed by atoms with Gasteiger partial charge in [-0.3, -0.25) is 4.79 Å². The molecule has 0 radical (unpaired) electrons. The molecule has 0 bridgehead atoms. The molecule has 3 rings (SSSR count). The molecule has 122 valence electrons.